The highest BCUT2D eigenvalue weighted by Crippen LogP contribution is 2.26. The molecule has 30 heavy (non-hydrogen) atoms. The van der Waals surface area contributed by atoms with Crippen LogP contribution in [0.5, 0.6) is 5.88 Å². The fraction of sp³-hybridized carbons (Fsp3) is 0.478. The van der Waals surface area contributed by atoms with Gasteiger partial charge in [0.1, 0.15) is 6.61 Å². The molecule has 1 fully saturated rings. The van der Waals surface area contributed by atoms with E-state index in [9.17, 15) is 0 Å². The smallest absolute Gasteiger partial charge is 0.218 e. The minimum absolute atomic E-state index is 0.483. The fourth-order valence-electron chi connectivity index (χ4n) is 3.37. The Bertz CT molecular complexity index is 788. The lowest BCUT2D eigenvalue weighted by Crippen LogP contribution is -2.40. The van der Waals surface area contributed by atoms with Gasteiger partial charge >= 0.3 is 0 Å². The van der Waals surface area contributed by atoms with Crippen molar-refractivity contribution < 1.29 is 9.47 Å². The summed E-state index contributed by atoms with van der Waals surface area (Å²) >= 11 is 1.94. The summed E-state index contributed by atoms with van der Waals surface area (Å²) < 4.78 is 10.8. The molecule has 1 unspecified atom stereocenters. The van der Waals surface area contributed by atoms with Crippen molar-refractivity contribution in [3.05, 3.63) is 54.2 Å². The van der Waals surface area contributed by atoms with Crippen LogP contribution in [0.1, 0.15) is 18.9 Å². The molecule has 0 aliphatic carbocycles. The zero-order valence-electron chi connectivity index (χ0n) is 17.9. The number of thioether (sulfide) groups is 1. The molecule has 1 N–H and O–H groups in total. The topological polar surface area (TPSA) is 59.0 Å². The number of ether oxygens (including phenoxy) is 2. The zero-order chi connectivity index (χ0) is 21.0. The number of rotatable bonds is 10. The van der Waals surface area contributed by atoms with E-state index in [0.717, 1.165) is 36.9 Å². The van der Waals surface area contributed by atoms with Crippen molar-refractivity contribution in [2.24, 2.45) is 10.9 Å². The number of nitrogens with one attached hydrogen (secondary N) is 1. The molecule has 1 atom stereocenters. The van der Waals surface area contributed by atoms with E-state index < -0.39 is 0 Å². The van der Waals surface area contributed by atoms with Crippen molar-refractivity contribution >= 4 is 17.7 Å². The zero-order valence-corrected chi connectivity index (χ0v) is 18.7. The lowest BCUT2D eigenvalue weighted by Gasteiger charge is -2.22. The molecule has 2 aromatic rings. The van der Waals surface area contributed by atoms with Gasteiger partial charge in [-0.25, -0.2) is 9.98 Å². The summed E-state index contributed by atoms with van der Waals surface area (Å²) in [5, 5.41) is 3.45. The van der Waals surface area contributed by atoms with E-state index in [2.05, 4.69) is 52.5 Å². The molecule has 0 radical (unpaired) electrons. The molecule has 3 rings (SSSR count). The van der Waals surface area contributed by atoms with Crippen LogP contribution in [-0.2, 0) is 11.3 Å². The third-order valence-electron chi connectivity index (χ3n) is 4.92. The van der Waals surface area contributed by atoms with Crippen LogP contribution < -0.4 is 10.1 Å². The number of guanidine groups is 1. The Kier molecular flexibility index (Phi) is 9.31. The molecule has 2 heterocycles. The van der Waals surface area contributed by atoms with Gasteiger partial charge in [-0.2, -0.15) is 0 Å². The summed E-state index contributed by atoms with van der Waals surface area (Å²) in [7, 11) is 1.66. The number of nitrogens with zero attached hydrogens (tertiary/aromatic N) is 3. The first-order chi connectivity index (χ1) is 14.8. The van der Waals surface area contributed by atoms with E-state index in [4.69, 9.17) is 14.5 Å². The quantitative estimate of drug-likeness (QED) is 0.270. The summed E-state index contributed by atoms with van der Waals surface area (Å²) in [6.07, 6.45) is 2.94. The van der Waals surface area contributed by atoms with Crippen molar-refractivity contribution in [3.63, 3.8) is 0 Å². The Morgan fingerprint density at radius 3 is 2.90 bits per heavy atom. The molecule has 0 spiro atoms. The average Bonchev–Trinajstić information content (AvgIpc) is 3.26. The molecule has 6 nitrogen and oxygen atoms in total. The second-order valence-corrected chi connectivity index (χ2v) is 8.30. The second kappa shape index (κ2) is 12.4. The van der Waals surface area contributed by atoms with Crippen LogP contribution in [0.4, 0.5) is 0 Å². The molecule has 0 saturated carbocycles. The maximum atomic E-state index is 5.74. The van der Waals surface area contributed by atoms with E-state index in [0.29, 0.717) is 31.6 Å². The number of methoxy groups -OCH3 is 1. The standard InChI is InChI=1S/C23H32N4O2S/c1-3-24-23(26-16-20-8-7-12-25-22(20)29-15-14-28-2)27-13-11-19(17-27)18-30-21-9-5-4-6-10-21/h4-10,12,19H,3,11,13-18H2,1-2H3,(H,24,26). The van der Waals surface area contributed by atoms with Crippen LogP contribution in [0.15, 0.2) is 58.5 Å². The Morgan fingerprint density at radius 1 is 1.23 bits per heavy atom. The summed E-state index contributed by atoms with van der Waals surface area (Å²) in [5.41, 5.74) is 0.986. The van der Waals surface area contributed by atoms with E-state index in [-0.39, 0.29) is 0 Å². The van der Waals surface area contributed by atoms with E-state index in [1.165, 1.54) is 11.3 Å². The first-order valence-corrected chi connectivity index (χ1v) is 11.6. The predicted molar refractivity (Wildman–Crippen MR) is 123 cm³/mol. The summed E-state index contributed by atoms with van der Waals surface area (Å²) in [6, 6.07) is 14.6. The first-order valence-electron chi connectivity index (χ1n) is 10.6. The van der Waals surface area contributed by atoms with Crippen LogP contribution in [0.2, 0.25) is 0 Å². The molecule has 162 valence electrons. The van der Waals surface area contributed by atoms with Gasteiger partial charge in [-0.3, -0.25) is 0 Å². The van der Waals surface area contributed by atoms with Gasteiger partial charge in [-0.15, -0.1) is 11.8 Å². The predicted octanol–water partition coefficient (Wildman–Crippen LogP) is 3.69. The van der Waals surface area contributed by atoms with Gasteiger partial charge in [0, 0.05) is 49.2 Å². The van der Waals surface area contributed by atoms with E-state index in [1.54, 1.807) is 13.3 Å². The van der Waals surface area contributed by atoms with Crippen molar-refractivity contribution in [1.29, 1.82) is 0 Å². The van der Waals surface area contributed by atoms with Gasteiger partial charge in [-0.05, 0) is 37.5 Å². The number of hydrogen-bond acceptors (Lipinski definition) is 5. The molecule has 0 amide bonds. The molecule has 1 aliphatic rings. The maximum Gasteiger partial charge on any atom is 0.218 e. The molecule has 1 aliphatic heterocycles. The van der Waals surface area contributed by atoms with Gasteiger partial charge in [0.2, 0.25) is 5.88 Å². The number of pyridine rings is 1. The van der Waals surface area contributed by atoms with E-state index in [1.807, 2.05) is 23.9 Å². The van der Waals surface area contributed by atoms with Crippen LogP contribution in [-0.4, -0.2) is 61.6 Å². The Morgan fingerprint density at radius 2 is 2.10 bits per heavy atom. The molecule has 1 aromatic carbocycles. The molecule has 1 aromatic heterocycles. The van der Waals surface area contributed by atoms with Crippen molar-refractivity contribution in [3.8, 4) is 5.88 Å². The molecule has 7 heteroatoms. The SMILES string of the molecule is CCNC(=NCc1cccnc1OCCOC)N1CCC(CSc2ccccc2)C1. The number of aromatic nitrogens is 1. The van der Waals surface area contributed by atoms with Gasteiger partial charge in [-0.1, -0.05) is 24.3 Å². The van der Waals surface area contributed by atoms with Gasteiger partial charge in [0.05, 0.1) is 13.2 Å². The number of hydrogen-bond donors (Lipinski definition) is 1. The first kappa shape index (κ1) is 22.4. The van der Waals surface area contributed by atoms with Crippen LogP contribution >= 0.6 is 11.8 Å². The van der Waals surface area contributed by atoms with Crippen LogP contribution in [0.25, 0.3) is 0 Å². The summed E-state index contributed by atoms with van der Waals surface area (Å²) in [4.78, 5) is 13.0. The third-order valence-corrected chi connectivity index (χ3v) is 6.17. The Labute approximate surface area is 184 Å². The number of benzene rings is 1. The summed E-state index contributed by atoms with van der Waals surface area (Å²) in [6.45, 7) is 6.60. The molecular weight excluding hydrogens is 396 g/mol. The monoisotopic (exact) mass is 428 g/mol. The largest absolute Gasteiger partial charge is 0.475 e. The number of aliphatic imine (C=N–C) groups is 1. The Balaban J connectivity index is 1.57. The average molecular weight is 429 g/mol. The van der Waals surface area contributed by atoms with E-state index >= 15 is 0 Å². The van der Waals surface area contributed by atoms with Crippen LogP contribution in [0.3, 0.4) is 0 Å². The molecule has 1 saturated heterocycles. The second-order valence-electron chi connectivity index (χ2n) is 7.20. The molecular formula is C23H32N4O2S. The maximum absolute atomic E-state index is 5.74. The normalized spacial score (nSPS) is 16.7. The number of likely N-dealkylation sites (tertiary alicyclic amines) is 1. The van der Waals surface area contributed by atoms with Crippen molar-refractivity contribution in [2.75, 3.05) is 45.7 Å². The Hall–Kier alpha value is -2.25. The third kappa shape index (κ3) is 6.92. The van der Waals surface area contributed by atoms with Gasteiger partial charge < -0.3 is 19.7 Å². The van der Waals surface area contributed by atoms with Gasteiger partial charge in [0.15, 0.2) is 5.96 Å². The minimum atomic E-state index is 0.483. The highest BCUT2D eigenvalue weighted by atomic mass is 32.2. The molecule has 0 bridgehead atoms. The van der Waals surface area contributed by atoms with Crippen molar-refractivity contribution in [2.45, 2.75) is 24.8 Å². The van der Waals surface area contributed by atoms with Gasteiger partial charge in [0.25, 0.3) is 0 Å². The lowest BCUT2D eigenvalue weighted by molar-refractivity contribution is 0.143. The lowest BCUT2D eigenvalue weighted by atomic mass is 10.2. The fourth-order valence-corrected chi connectivity index (χ4v) is 4.42. The highest BCUT2D eigenvalue weighted by molar-refractivity contribution is 7.99. The van der Waals surface area contributed by atoms with Crippen molar-refractivity contribution in [1.82, 2.24) is 15.2 Å². The minimum Gasteiger partial charge on any atom is -0.475 e. The highest BCUT2D eigenvalue weighted by Gasteiger charge is 2.25. The summed E-state index contributed by atoms with van der Waals surface area (Å²) in [5.74, 6) is 3.41. The van der Waals surface area contributed by atoms with Crippen LogP contribution in [0, 0.1) is 5.92 Å².